The molecule has 1 fully saturated rings. The molecule has 0 aromatic heterocycles. The summed E-state index contributed by atoms with van der Waals surface area (Å²) in [5, 5.41) is 3.02. The number of nitrogens with zero attached hydrogens (tertiary/aromatic N) is 2. The Morgan fingerprint density at radius 1 is 1.28 bits per heavy atom. The minimum Gasteiger partial charge on any atom is -0.476 e. The van der Waals surface area contributed by atoms with E-state index in [1.165, 1.54) is 4.31 Å². The summed E-state index contributed by atoms with van der Waals surface area (Å²) in [6.45, 7) is 3.48. The number of carbonyl (C=O) groups excluding carboxylic acids is 1. The van der Waals surface area contributed by atoms with Crippen LogP contribution in [0.5, 0.6) is 5.75 Å². The molecule has 8 heteroatoms. The van der Waals surface area contributed by atoms with Gasteiger partial charge >= 0.3 is 0 Å². The number of rotatable bonds is 4. The Morgan fingerprint density at radius 2 is 1.96 bits per heavy atom. The van der Waals surface area contributed by atoms with Gasteiger partial charge in [0.05, 0.1) is 18.0 Å². The average Bonchev–Trinajstić information content (AvgIpc) is 2.62. The monoisotopic (exact) mass is 367 g/mol. The molecular weight excluding hydrogens is 342 g/mol. The second-order valence-corrected chi connectivity index (χ2v) is 8.77. The number of benzene rings is 1. The largest absolute Gasteiger partial charge is 0.476 e. The number of fused-ring (bicyclic) bond motifs is 1. The van der Waals surface area contributed by atoms with Gasteiger partial charge < -0.3 is 15.0 Å². The van der Waals surface area contributed by atoms with E-state index < -0.39 is 16.1 Å². The molecule has 1 aromatic carbocycles. The van der Waals surface area contributed by atoms with Gasteiger partial charge in [0.2, 0.25) is 10.0 Å². The topological polar surface area (TPSA) is 79.0 Å². The summed E-state index contributed by atoms with van der Waals surface area (Å²) in [7, 11) is -1.41. The highest BCUT2D eigenvalue weighted by Gasteiger charge is 2.36. The second kappa shape index (κ2) is 7.21. The number of carbonyl (C=O) groups is 1. The van der Waals surface area contributed by atoms with Crippen molar-refractivity contribution in [3.63, 3.8) is 0 Å². The van der Waals surface area contributed by atoms with Crippen molar-refractivity contribution in [2.75, 3.05) is 36.7 Å². The lowest BCUT2D eigenvalue weighted by molar-refractivity contribution is -0.128. The Kier molecular flexibility index (Phi) is 5.19. The molecule has 1 saturated heterocycles. The molecule has 1 aromatic rings. The fourth-order valence-electron chi connectivity index (χ4n) is 3.21. The molecule has 2 aliphatic rings. The van der Waals surface area contributed by atoms with E-state index in [0.29, 0.717) is 11.4 Å². The van der Waals surface area contributed by atoms with Gasteiger partial charge in [0.25, 0.3) is 5.91 Å². The maximum absolute atomic E-state index is 12.6. The van der Waals surface area contributed by atoms with Gasteiger partial charge in [-0.05, 0) is 52.0 Å². The lowest BCUT2D eigenvalue weighted by Gasteiger charge is -2.36. The molecule has 2 heterocycles. The molecule has 25 heavy (non-hydrogen) atoms. The molecule has 0 saturated carbocycles. The summed E-state index contributed by atoms with van der Waals surface area (Å²) in [5.41, 5.74) is 0.493. The number of sulfonamides is 1. The molecule has 1 amide bonds. The number of amides is 1. The van der Waals surface area contributed by atoms with E-state index in [-0.39, 0.29) is 24.2 Å². The van der Waals surface area contributed by atoms with Gasteiger partial charge in [-0.1, -0.05) is 12.1 Å². The van der Waals surface area contributed by atoms with Crippen LogP contribution in [0.15, 0.2) is 24.3 Å². The van der Waals surface area contributed by atoms with Crippen LogP contribution < -0.4 is 14.4 Å². The summed E-state index contributed by atoms with van der Waals surface area (Å²) in [6, 6.07) is 7.04. The summed E-state index contributed by atoms with van der Waals surface area (Å²) in [6.07, 6.45) is 0.946. The number of piperidine rings is 1. The number of nitrogens with one attached hydrogen (secondary N) is 1. The van der Waals surface area contributed by atoms with E-state index in [9.17, 15) is 13.2 Å². The molecule has 1 atom stereocenters. The number of anilines is 1. The zero-order chi connectivity index (χ0) is 18.0. The predicted octanol–water partition coefficient (Wildman–Crippen LogP) is 0.814. The van der Waals surface area contributed by atoms with Gasteiger partial charge in [-0.25, -0.2) is 8.42 Å². The number of hydrogen-bond donors (Lipinski definition) is 1. The third-order valence-corrected chi connectivity index (χ3v) is 6.54. The third-order valence-electron chi connectivity index (χ3n) is 4.79. The molecule has 0 aliphatic carbocycles. The van der Waals surface area contributed by atoms with Gasteiger partial charge in [0.15, 0.2) is 6.10 Å². The van der Waals surface area contributed by atoms with Crippen molar-refractivity contribution in [2.45, 2.75) is 31.9 Å². The van der Waals surface area contributed by atoms with E-state index in [2.05, 4.69) is 17.3 Å². The molecule has 2 aliphatic heterocycles. The smallest absolute Gasteiger partial charge is 0.263 e. The van der Waals surface area contributed by atoms with Crippen molar-refractivity contribution in [1.82, 2.24) is 10.2 Å². The lowest BCUT2D eigenvalue weighted by atomic mass is 10.1. The minimum absolute atomic E-state index is 0.00560. The second-order valence-electron chi connectivity index (χ2n) is 6.59. The number of likely N-dealkylation sites (tertiary alicyclic amines) is 1. The van der Waals surface area contributed by atoms with Crippen LogP contribution in [0.4, 0.5) is 5.69 Å². The Labute approximate surface area is 149 Å². The molecule has 0 unspecified atom stereocenters. The summed E-state index contributed by atoms with van der Waals surface area (Å²) < 4.78 is 32.0. The molecular formula is C17H25N3O4S. The van der Waals surface area contributed by atoms with Gasteiger partial charge in [-0.15, -0.1) is 0 Å². The number of hydrogen-bond acceptors (Lipinski definition) is 5. The number of para-hydroxylation sites is 2. The van der Waals surface area contributed by atoms with Crippen molar-refractivity contribution >= 4 is 21.6 Å². The SMILES string of the molecule is CCS(=O)(=O)N1C[C@H](C(=O)NC2CCN(C)CC2)Oc2ccccc21. The van der Waals surface area contributed by atoms with Gasteiger partial charge in [0, 0.05) is 6.04 Å². The molecule has 0 radical (unpaired) electrons. The summed E-state index contributed by atoms with van der Waals surface area (Å²) in [4.78, 5) is 14.9. The first-order chi connectivity index (χ1) is 11.9. The first kappa shape index (κ1) is 18.0. The first-order valence-corrected chi connectivity index (χ1v) is 10.3. The lowest BCUT2D eigenvalue weighted by Crippen LogP contribution is -2.54. The maximum atomic E-state index is 12.6. The zero-order valence-electron chi connectivity index (χ0n) is 14.6. The number of ether oxygens (including phenoxy) is 1. The highest BCUT2D eigenvalue weighted by Crippen LogP contribution is 2.35. The Balaban J connectivity index is 1.76. The van der Waals surface area contributed by atoms with Crippen LogP contribution >= 0.6 is 0 Å². The van der Waals surface area contributed by atoms with Crippen LogP contribution in [0.3, 0.4) is 0 Å². The molecule has 3 rings (SSSR count). The van der Waals surface area contributed by atoms with Crippen LogP contribution in [0.2, 0.25) is 0 Å². The van der Waals surface area contributed by atoms with E-state index in [4.69, 9.17) is 4.74 Å². The Hall–Kier alpha value is -1.80. The van der Waals surface area contributed by atoms with E-state index in [1.54, 1.807) is 31.2 Å². The fourth-order valence-corrected chi connectivity index (χ4v) is 4.33. The third kappa shape index (κ3) is 3.90. The van der Waals surface area contributed by atoms with Crippen LogP contribution in [0, 0.1) is 0 Å². The van der Waals surface area contributed by atoms with Crippen LogP contribution in [0.1, 0.15) is 19.8 Å². The van der Waals surface area contributed by atoms with Crippen LogP contribution in [0.25, 0.3) is 0 Å². The standard InChI is InChI=1S/C17H25N3O4S/c1-3-25(22,23)20-12-16(24-15-7-5-4-6-14(15)20)17(21)18-13-8-10-19(2)11-9-13/h4-7,13,16H,3,8-12H2,1-2H3,(H,18,21)/t16-/m1/s1. The van der Waals surface area contributed by atoms with Crippen molar-refractivity contribution in [3.05, 3.63) is 24.3 Å². The Bertz CT molecular complexity index is 729. The first-order valence-electron chi connectivity index (χ1n) is 8.65. The summed E-state index contributed by atoms with van der Waals surface area (Å²) in [5.74, 6) is 0.152. The van der Waals surface area contributed by atoms with Gasteiger partial charge in [0.1, 0.15) is 5.75 Å². The average molecular weight is 367 g/mol. The van der Waals surface area contributed by atoms with Gasteiger partial charge in [-0.2, -0.15) is 0 Å². The van der Waals surface area contributed by atoms with Crippen molar-refractivity contribution in [1.29, 1.82) is 0 Å². The van der Waals surface area contributed by atoms with Crippen LogP contribution in [-0.2, 0) is 14.8 Å². The maximum Gasteiger partial charge on any atom is 0.263 e. The van der Waals surface area contributed by atoms with Crippen LogP contribution in [-0.4, -0.2) is 63.8 Å². The highest BCUT2D eigenvalue weighted by molar-refractivity contribution is 7.92. The Morgan fingerprint density at radius 3 is 2.64 bits per heavy atom. The van der Waals surface area contributed by atoms with Crippen molar-refractivity contribution < 1.29 is 17.9 Å². The molecule has 138 valence electrons. The van der Waals surface area contributed by atoms with E-state index >= 15 is 0 Å². The van der Waals surface area contributed by atoms with Crippen molar-refractivity contribution in [2.24, 2.45) is 0 Å². The molecule has 0 spiro atoms. The summed E-state index contributed by atoms with van der Waals surface area (Å²) >= 11 is 0. The minimum atomic E-state index is -3.47. The highest BCUT2D eigenvalue weighted by atomic mass is 32.2. The van der Waals surface area contributed by atoms with E-state index in [0.717, 1.165) is 25.9 Å². The fraction of sp³-hybridized carbons (Fsp3) is 0.588. The quantitative estimate of drug-likeness (QED) is 0.852. The van der Waals surface area contributed by atoms with Gasteiger partial charge in [-0.3, -0.25) is 9.10 Å². The normalized spacial score (nSPS) is 22.2. The van der Waals surface area contributed by atoms with Crippen molar-refractivity contribution in [3.8, 4) is 5.75 Å². The zero-order valence-corrected chi connectivity index (χ0v) is 15.5. The molecule has 7 nitrogen and oxygen atoms in total. The molecule has 0 bridgehead atoms. The predicted molar refractivity (Wildman–Crippen MR) is 96.3 cm³/mol. The van der Waals surface area contributed by atoms with E-state index in [1.807, 2.05) is 0 Å². The molecule has 1 N–H and O–H groups in total.